The Morgan fingerprint density at radius 2 is 1.91 bits per heavy atom. The Morgan fingerprint density at radius 1 is 1.06 bits per heavy atom. The van der Waals surface area contributed by atoms with E-state index in [0.717, 1.165) is 42.3 Å². The van der Waals surface area contributed by atoms with E-state index >= 15 is 0 Å². The minimum atomic E-state index is 0.456. The molecule has 1 aromatic carbocycles. The standard InChI is InChI=1S/C27H31N5S/c1-31-14-15-32(18-22(31)16-19-8-3-2-4-9-19)25-23-21(12-7-13-28-23)17-29-27-24(25)30-26(33-27)20-10-5-6-11-20/h2-4,7-9,12-13,17,20,22,29H,5-6,10-11,14-16,18H2,1H3. The van der Waals surface area contributed by atoms with Crippen LogP contribution in [0.1, 0.15) is 47.9 Å². The van der Waals surface area contributed by atoms with Crippen molar-refractivity contribution in [1.29, 1.82) is 0 Å². The van der Waals surface area contributed by atoms with Crippen molar-refractivity contribution < 1.29 is 0 Å². The first-order chi connectivity index (χ1) is 16.3. The minimum absolute atomic E-state index is 0.456. The second kappa shape index (κ2) is 8.92. The second-order valence-corrected chi connectivity index (χ2v) is 10.6. The van der Waals surface area contributed by atoms with E-state index in [0.29, 0.717) is 12.0 Å². The molecule has 2 aromatic heterocycles. The Bertz CT molecular complexity index is 1250. The van der Waals surface area contributed by atoms with Gasteiger partial charge in [-0.25, -0.2) is 4.98 Å². The summed E-state index contributed by atoms with van der Waals surface area (Å²) in [5.41, 5.74) is 3.69. The Balaban J connectivity index is 1.41. The fraction of sp³-hybridized carbons (Fsp3) is 0.407. The maximum Gasteiger partial charge on any atom is 0.124 e. The highest BCUT2D eigenvalue weighted by Crippen LogP contribution is 2.41. The molecule has 0 bridgehead atoms. The Hall–Kier alpha value is -2.70. The molecule has 0 amide bonds. The molecule has 170 valence electrons. The van der Waals surface area contributed by atoms with Crippen LogP contribution < -0.4 is 15.9 Å². The average molecular weight is 458 g/mol. The van der Waals surface area contributed by atoms with Crippen LogP contribution in [0.5, 0.6) is 0 Å². The Labute approximate surface area is 199 Å². The summed E-state index contributed by atoms with van der Waals surface area (Å²) >= 11 is 1.85. The van der Waals surface area contributed by atoms with E-state index in [1.54, 1.807) is 0 Å². The van der Waals surface area contributed by atoms with Gasteiger partial charge >= 0.3 is 0 Å². The van der Waals surface area contributed by atoms with Crippen molar-refractivity contribution in [3.8, 4) is 0 Å². The molecule has 6 heteroatoms. The number of fused-ring (bicyclic) bond motifs is 2. The third-order valence-corrected chi connectivity index (χ3v) is 8.55. The molecule has 3 aromatic rings. The number of rotatable bonds is 4. The number of nitrogens with zero attached hydrogens (tertiary/aromatic N) is 4. The normalized spacial score (nSPS) is 21.2. The highest BCUT2D eigenvalue weighted by molar-refractivity contribution is 7.16. The Morgan fingerprint density at radius 3 is 2.76 bits per heavy atom. The lowest BCUT2D eigenvalue weighted by Crippen LogP contribution is -2.53. The van der Waals surface area contributed by atoms with E-state index in [-0.39, 0.29) is 0 Å². The monoisotopic (exact) mass is 457 g/mol. The first-order valence-electron chi connectivity index (χ1n) is 12.2. The first-order valence-corrected chi connectivity index (χ1v) is 13.0. The van der Waals surface area contributed by atoms with Crippen LogP contribution in [0.25, 0.3) is 11.9 Å². The summed E-state index contributed by atoms with van der Waals surface area (Å²) in [6.07, 6.45) is 10.3. The number of aromatic nitrogens is 2. The molecule has 1 saturated carbocycles. The highest BCUT2D eigenvalue weighted by atomic mass is 32.1. The number of nitrogens with one attached hydrogen (secondary N) is 1. The number of anilines is 1. The lowest BCUT2D eigenvalue weighted by atomic mass is 10.0. The molecule has 0 spiro atoms. The molecule has 1 unspecified atom stereocenters. The number of piperazine rings is 1. The van der Waals surface area contributed by atoms with Crippen molar-refractivity contribution in [3.63, 3.8) is 0 Å². The molecular formula is C27H31N5S. The summed E-state index contributed by atoms with van der Waals surface area (Å²) in [6.45, 7) is 3.00. The lowest BCUT2D eigenvalue weighted by Gasteiger charge is -2.41. The van der Waals surface area contributed by atoms with Gasteiger partial charge in [-0.05, 0) is 44.0 Å². The van der Waals surface area contributed by atoms with Crippen molar-refractivity contribution in [1.82, 2.24) is 19.8 Å². The molecule has 4 heterocycles. The van der Waals surface area contributed by atoms with Gasteiger partial charge in [0.1, 0.15) is 10.7 Å². The molecule has 5 nitrogen and oxygen atoms in total. The number of likely N-dealkylation sites (N-methyl/N-ethyl adjacent to an activating group) is 1. The molecule has 33 heavy (non-hydrogen) atoms. The van der Waals surface area contributed by atoms with Crippen molar-refractivity contribution in [2.75, 3.05) is 32.0 Å². The van der Waals surface area contributed by atoms with Gasteiger partial charge in [0, 0.05) is 49.2 Å². The van der Waals surface area contributed by atoms with Crippen LogP contribution in [-0.2, 0) is 6.42 Å². The molecule has 2 fully saturated rings. The smallest absolute Gasteiger partial charge is 0.124 e. The topological polar surface area (TPSA) is 44.3 Å². The van der Waals surface area contributed by atoms with Gasteiger partial charge in [-0.3, -0.25) is 9.88 Å². The van der Waals surface area contributed by atoms with Gasteiger partial charge in [0.25, 0.3) is 0 Å². The van der Waals surface area contributed by atoms with Crippen LogP contribution in [0.2, 0.25) is 0 Å². The van der Waals surface area contributed by atoms with E-state index in [1.165, 1.54) is 47.0 Å². The zero-order chi connectivity index (χ0) is 22.2. The number of hydrogen-bond donors (Lipinski definition) is 1. The molecule has 3 aliphatic rings. The van der Waals surface area contributed by atoms with E-state index < -0.39 is 0 Å². The number of hydrogen-bond acceptors (Lipinski definition) is 6. The van der Waals surface area contributed by atoms with Gasteiger partial charge in [-0.1, -0.05) is 43.2 Å². The lowest BCUT2D eigenvalue weighted by molar-refractivity contribution is 0.133. The summed E-state index contributed by atoms with van der Waals surface area (Å²) in [6, 6.07) is 15.5. The SMILES string of the molecule is CN1CCN(C2=c3ncccc3=CNc3sc(C4CCCC4)nc32)CC1Cc1ccccc1. The predicted octanol–water partition coefficient (Wildman–Crippen LogP) is 3.37. The van der Waals surface area contributed by atoms with Crippen LogP contribution in [-0.4, -0.2) is 52.5 Å². The van der Waals surface area contributed by atoms with Gasteiger partial charge in [0.15, 0.2) is 0 Å². The second-order valence-electron chi connectivity index (χ2n) is 9.56. The minimum Gasteiger partial charge on any atom is -0.365 e. The zero-order valence-corrected chi connectivity index (χ0v) is 20.0. The molecule has 1 atom stereocenters. The largest absolute Gasteiger partial charge is 0.365 e. The van der Waals surface area contributed by atoms with E-state index in [2.05, 4.69) is 64.8 Å². The number of pyridine rings is 1. The van der Waals surface area contributed by atoms with Crippen LogP contribution >= 0.6 is 11.3 Å². The maximum absolute atomic E-state index is 5.28. The van der Waals surface area contributed by atoms with Crippen LogP contribution in [0.15, 0.2) is 48.7 Å². The average Bonchev–Trinajstić information content (AvgIpc) is 3.49. The highest BCUT2D eigenvalue weighted by Gasteiger charge is 2.31. The van der Waals surface area contributed by atoms with Crippen LogP contribution in [0, 0.1) is 0 Å². The fourth-order valence-corrected chi connectivity index (χ4v) is 6.59. The van der Waals surface area contributed by atoms with E-state index in [4.69, 9.17) is 9.97 Å². The van der Waals surface area contributed by atoms with E-state index in [9.17, 15) is 0 Å². The molecule has 1 N–H and O–H groups in total. The molecule has 0 radical (unpaired) electrons. The molecule has 1 aliphatic carbocycles. The van der Waals surface area contributed by atoms with Crippen molar-refractivity contribution in [2.24, 2.45) is 0 Å². The van der Waals surface area contributed by atoms with Crippen molar-refractivity contribution in [2.45, 2.75) is 44.1 Å². The molecular weight excluding hydrogens is 426 g/mol. The van der Waals surface area contributed by atoms with Gasteiger partial charge in [-0.2, -0.15) is 0 Å². The van der Waals surface area contributed by atoms with Crippen LogP contribution in [0.3, 0.4) is 0 Å². The number of benzene rings is 1. The summed E-state index contributed by atoms with van der Waals surface area (Å²) in [5, 5.41) is 8.24. The third-order valence-electron chi connectivity index (χ3n) is 7.40. The summed E-state index contributed by atoms with van der Waals surface area (Å²) in [7, 11) is 2.26. The van der Waals surface area contributed by atoms with Gasteiger partial charge in [0.2, 0.25) is 0 Å². The summed E-state index contributed by atoms with van der Waals surface area (Å²) in [4.78, 5) is 15.2. The zero-order valence-electron chi connectivity index (χ0n) is 19.2. The third kappa shape index (κ3) is 4.06. The molecule has 1 saturated heterocycles. The number of thiazole rings is 1. The summed E-state index contributed by atoms with van der Waals surface area (Å²) in [5.74, 6) is 0.617. The van der Waals surface area contributed by atoms with Gasteiger partial charge in [0.05, 0.1) is 16.1 Å². The van der Waals surface area contributed by atoms with Gasteiger partial charge < -0.3 is 10.2 Å². The van der Waals surface area contributed by atoms with Crippen molar-refractivity contribution >= 4 is 28.2 Å². The fourth-order valence-electron chi connectivity index (χ4n) is 5.49. The predicted molar refractivity (Wildman–Crippen MR) is 136 cm³/mol. The first kappa shape index (κ1) is 20.9. The summed E-state index contributed by atoms with van der Waals surface area (Å²) < 4.78 is 0. The molecule has 6 rings (SSSR count). The van der Waals surface area contributed by atoms with Crippen molar-refractivity contribution in [3.05, 3.63) is 75.5 Å². The quantitative estimate of drug-likeness (QED) is 0.651. The van der Waals surface area contributed by atoms with Crippen LogP contribution in [0.4, 0.5) is 5.00 Å². The van der Waals surface area contributed by atoms with Gasteiger partial charge in [-0.15, -0.1) is 11.3 Å². The maximum atomic E-state index is 5.28. The molecule has 2 aliphatic heterocycles. The van der Waals surface area contributed by atoms with E-state index in [1.807, 2.05) is 23.6 Å². The Kier molecular flexibility index (Phi) is 5.64.